The molecule has 3 rings (SSSR count). The van der Waals surface area contributed by atoms with Crippen molar-refractivity contribution in [2.75, 3.05) is 18.5 Å². The van der Waals surface area contributed by atoms with E-state index in [1.165, 1.54) is 32.4 Å². The Bertz CT molecular complexity index is 1190. The Labute approximate surface area is 187 Å². The van der Waals surface area contributed by atoms with Crippen LogP contribution < -0.4 is 9.04 Å². The molecular weight excluding hydrogens is 438 g/mol. The fourth-order valence-corrected chi connectivity index (χ4v) is 4.34. The van der Waals surface area contributed by atoms with Crippen molar-refractivity contribution in [3.63, 3.8) is 0 Å². The maximum absolute atomic E-state index is 13.2. The third-order valence-corrected chi connectivity index (χ3v) is 6.83. The highest BCUT2D eigenvalue weighted by molar-refractivity contribution is 7.92. The largest absolute Gasteiger partial charge is 0.495 e. The number of halogens is 1. The van der Waals surface area contributed by atoms with Crippen LogP contribution in [0.25, 0.3) is 0 Å². The first-order valence-electron chi connectivity index (χ1n) is 9.38. The predicted octanol–water partition coefficient (Wildman–Crippen LogP) is 4.84. The number of aryl methyl sites for hydroxylation is 1. The molecule has 0 fully saturated rings. The minimum atomic E-state index is -3.98. The van der Waals surface area contributed by atoms with E-state index in [2.05, 4.69) is 0 Å². The van der Waals surface area contributed by atoms with Crippen molar-refractivity contribution in [1.82, 2.24) is 0 Å². The summed E-state index contributed by atoms with van der Waals surface area (Å²) in [4.78, 5) is 12.5. The number of sulfonamides is 1. The second-order valence-electron chi connectivity index (χ2n) is 6.85. The molecular formula is C23H22ClNO5S. The molecule has 0 heterocycles. The lowest BCUT2D eigenvalue weighted by Gasteiger charge is -2.22. The second-order valence-corrected chi connectivity index (χ2v) is 9.22. The summed E-state index contributed by atoms with van der Waals surface area (Å²) in [5.74, 6) is -0.303. The number of carbonyl (C=O) groups excluding carboxylic acids is 1. The number of benzene rings is 3. The van der Waals surface area contributed by atoms with Crippen LogP contribution in [0.1, 0.15) is 21.5 Å². The van der Waals surface area contributed by atoms with Gasteiger partial charge in [-0.25, -0.2) is 13.2 Å². The molecule has 3 aromatic carbocycles. The number of ether oxygens (including phenoxy) is 2. The first-order chi connectivity index (χ1) is 14.7. The molecule has 0 amide bonds. The van der Waals surface area contributed by atoms with Gasteiger partial charge in [0.15, 0.2) is 0 Å². The predicted molar refractivity (Wildman–Crippen MR) is 120 cm³/mol. The SMILES string of the molecule is COc1ccccc1N(C)S(=O)(=O)c1ccc(Cl)c(C(=O)OCc2ccc(C)cc2)c1. The number of nitrogens with zero attached hydrogens (tertiary/aromatic N) is 1. The zero-order chi connectivity index (χ0) is 22.6. The molecule has 0 N–H and O–H groups in total. The summed E-state index contributed by atoms with van der Waals surface area (Å²) < 4.78 is 38.0. The van der Waals surface area contributed by atoms with Crippen molar-refractivity contribution in [3.8, 4) is 5.75 Å². The first-order valence-corrected chi connectivity index (χ1v) is 11.2. The minimum absolute atomic E-state index is 0.0247. The summed E-state index contributed by atoms with van der Waals surface area (Å²) in [5, 5.41) is 0.104. The van der Waals surface area contributed by atoms with Gasteiger partial charge in [-0.1, -0.05) is 53.6 Å². The van der Waals surface area contributed by atoms with E-state index < -0.39 is 16.0 Å². The highest BCUT2D eigenvalue weighted by Gasteiger charge is 2.26. The Kier molecular flexibility index (Phi) is 6.87. The molecule has 0 saturated carbocycles. The van der Waals surface area contributed by atoms with Crippen molar-refractivity contribution in [2.45, 2.75) is 18.4 Å². The standard InChI is InChI=1S/C23H22ClNO5S/c1-16-8-10-17(11-9-16)15-30-23(26)19-14-18(12-13-20(19)24)31(27,28)25(2)21-6-4-5-7-22(21)29-3/h4-14H,15H2,1-3H3. The van der Waals surface area contributed by atoms with Crippen molar-refractivity contribution in [2.24, 2.45) is 0 Å². The lowest BCUT2D eigenvalue weighted by Crippen LogP contribution is -2.27. The zero-order valence-corrected chi connectivity index (χ0v) is 18.9. The third kappa shape index (κ3) is 5.00. The van der Waals surface area contributed by atoms with E-state index in [0.717, 1.165) is 15.4 Å². The monoisotopic (exact) mass is 459 g/mol. The van der Waals surface area contributed by atoms with Crippen LogP contribution in [0.15, 0.2) is 71.6 Å². The van der Waals surface area contributed by atoms with Gasteiger partial charge in [-0.15, -0.1) is 0 Å². The van der Waals surface area contributed by atoms with E-state index in [1.807, 2.05) is 31.2 Å². The topological polar surface area (TPSA) is 72.9 Å². The van der Waals surface area contributed by atoms with Crippen LogP contribution in [0.2, 0.25) is 5.02 Å². The van der Waals surface area contributed by atoms with Gasteiger partial charge in [0.25, 0.3) is 10.0 Å². The number of hydrogen-bond acceptors (Lipinski definition) is 5. The minimum Gasteiger partial charge on any atom is -0.495 e. The van der Waals surface area contributed by atoms with Crippen molar-refractivity contribution < 1.29 is 22.7 Å². The normalized spacial score (nSPS) is 11.1. The van der Waals surface area contributed by atoms with Crippen molar-refractivity contribution in [3.05, 3.63) is 88.4 Å². The molecule has 0 aromatic heterocycles. The molecule has 31 heavy (non-hydrogen) atoms. The van der Waals surface area contributed by atoms with E-state index in [9.17, 15) is 13.2 Å². The molecule has 0 bridgehead atoms. The van der Waals surface area contributed by atoms with Gasteiger partial charge in [-0.05, 0) is 42.8 Å². The number of hydrogen-bond donors (Lipinski definition) is 0. The van der Waals surface area contributed by atoms with Crippen LogP contribution in [-0.4, -0.2) is 28.5 Å². The third-order valence-electron chi connectivity index (χ3n) is 4.73. The van der Waals surface area contributed by atoms with Crippen LogP contribution >= 0.6 is 11.6 Å². The average Bonchev–Trinajstić information content (AvgIpc) is 2.78. The van der Waals surface area contributed by atoms with Crippen LogP contribution in [0.4, 0.5) is 5.69 Å². The average molecular weight is 460 g/mol. The van der Waals surface area contributed by atoms with E-state index in [-0.39, 0.29) is 22.1 Å². The molecule has 0 aliphatic carbocycles. The quantitative estimate of drug-likeness (QED) is 0.473. The molecule has 0 saturated heterocycles. The number of para-hydroxylation sites is 2. The molecule has 8 heteroatoms. The molecule has 0 atom stereocenters. The van der Waals surface area contributed by atoms with Crippen molar-refractivity contribution in [1.29, 1.82) is 0 Å². The van der Waals surface area contributed by atoms with E-state index in [4.69, 9.17) is 21.1 Å². The van der Waals surface area contributed by atoms with Gasteiger partial charge < -0.3 is 9.47 Å². The number of esters is 1. The smallest absolute Gasteiger partial charge is 0.340 e. The van der Waals surface area contributed by atoms with Crippen LogP contribution in [-0.2, 0) is 21.4 Å². The van der Waals surface area contributed by atoms with Gasteiger partial charge in [0.05, 0.1) is 28.3 Å². The lowest BCUT2D eigenvalue weighted by molar-refractivity contribution is 0.0472. The summed E-state index contributed by atoms with van der Waals surface area (Å²) in [6.45, 7) is 2.01. The van der Waals surface area contributed by atoms with E-state index in [1.54, 1.807) is 24.3 Å². The van der Waals surface area contributed by atoms with Gasteiger partial charge >= 0.3 is 5.97 Å². The van der Waals surface area contributed by atoms with Crippen molar-refractivity contribution >= 4 is 33.3 Å². The fourth-order valence-electron chi connectivity index (χ4n) is 2.91. The number of rotatable bonds is 7. The number of carbonyl (C=O) groups is 1. The number of anilines is 1. The van der Waals surface area contributed by atoms with E-state index >= 15 is 0 Å². The van der Waals surface area contributed by atoms with Gasteiger partial charge in [0.2, 0.25) is 0 Å². The molecule has 3 aromatic rings. The molecule has 0 radical (unpaired) electrons. The number of methoxy groups -OCH3 is 1. The highest BCUT2D eigenvalue weighted by atomic mass is 35.5. The summed E-state index contributed by atoms with van der Waals surface area (Å²) in [7, 11) is -1.11. The first kappa shape index (κ1) is 22.7. The summed E-state index contributed by atoms with van der Waals surface area (Å²) in [6.07, 6.45) is 0. The molecule has 162 valence electrons. The van der Waals surface area contributed by atoms with Crippen LogP contribution in [0, 0.1) is 6.92 Å². The lowest BCUT2D eigenvalue weighted by atomic mass is 10.2. The Morgan fingerprint density at radius 2 is 1.71 bits per heavy atom. The van der Waals surface area contributed by atoms with Crippen LogP contribution in [0.3, 0.4) is 0 Å². The fraction of sp³-hybridized carbons (Fsp3) is 0.174. The van der Waals surface area contributed by atoms with Crippen LogP contribution in [0.5, 0.6) is 5.75 Å². The highest BCUT2D eigenvalue weighted by Crippen LogP contribution is 2.32. The summed E-state index contributed by atoms with van der Waals surface area (Å²) >= 11 is 6.16. The molecule has 0 unspecified atom stereocenters. The summed E-state index contributed by atoms with van der Waals surface area (Å²) in [5.41, 5.74) is 2.25. The van der Waals surface area contributed by atoms with E-state index in [0.29, 0.717) is 11.4 Å². The van der Waals surface area contributed by atoms with Gasteiger partial charge in [0, 0.05) is 7.05 Å². The maximum Gasteiger partial charge on any atom is 0.340 e. The summed E-state index contributed by atoms with van der Waals surface area (Å²) in [6, 6.07) is 18.2. The zero-order valence-electron chi connectivity index (χ0n) is 17.3. The van der Waals surface area contributed by atoms with Gasteiger partial charge in [-0.3, -0.25) is 4.31 Å². The second kappa shape index (κ2) is 9.41. The Morgan fingerprint density at radius 3 is 2.39 bits per heavy atom. The maximum atomic E-state index is 13.2. The Balaban J connectivity index is 1.86. The molecule has 0 spiro atoms. The molecule has 0 aliphatic rings. The Morgan fingerprint density at radius 1 is 1.03 bits per heavy atom. The molecule has 6 nitrogen and oxygen atoms in total. The molecule has 0 aliphatic heterocycles. The van der Waals surface area contributed by atoms with Gasteiger partial charge in [0.1, 0.15) is 12.4 Å². The van der Waals surface area contributed by atoms with Gasteiger partial charge in [-0.2, -0.15) is 0 Å². The Hall–Kier alpha value is -3.03.